The Morgan fingerprint density at radius 2 is 0.889 bits per heavy atom. The summed E-state index contributed by atoms with van der Waals surface area (Å²) in [6.45, 7) is 0. The molecule has 0 aliphatic rings. The quantitative estimate of drug-likeness (QED) is 0.290. The first-order chi connectivity index (χ1) is 2.00. The first-order valence-electron chi connectivity index (χ1n) is 0.730. The van der Waals surface area contributed by atoms with E-state index in [0.29, 0.717) is 0 Å². The minimum atomic E-state index is -5.39. The molecule has 9 heteroatoms. The molecule has 0 radical (unpaired) electrons. The Hall–Kier alpha value is 2.55. The summed E-state index contributed by atoms with van der Waals surface area (Å²) >= 11 is 0. The van der Waals surface area contributed by atoms with Crippen molar-refractivity contribution in [1.29, 1.82) is 0 Å². The standard InChI is InChI=1S/2Ca.H3O4P.2H2O/c;;1-5(2,3)4;;/h;;(H3,1,2,3,4);2*1H2/q2*+2;;;/p-3. The van der Waals surface area contributed by atoms with Crippen molar-refractivity contribution < 1.29 is 30.2 Å². The first-order valence-corrected chi connectivity index (χ1v) is 2.19. The van der Waals surface area contributed by atoms with Gasteiger partial charge in [-0.15, -0.1) is 0 Å². The SMILES string of the molecule is O.O.O=P([O-])([O-])[O-].[Ca+2].[Ca+2]. The van der Waals surface area contributed by atoms with Crippen molar-refractivity contribution in [2.75, 3.05) is 0 Å². The van der Waals surface area contributed by atoms with Crippen LogP contribution in [0.1, 0.15) is 0 Å². The minimum absolute atomic E-state index is 0. The van der Waals surface area contributed by atoms with Crippen LogP contribution in [0, 0.1) is 0 Å². The summed E-state index contributed by atoms with van der Waals surface area (Å²) in [5.74, 6) is 0. The molecule has 0 aliphatic carbocycles. The van der Waals surface area contributed by atoms with Crippen molar-refractivity contribution in [3.05, 3.63) is 0 Å². The number of hydrogen-bond acceptors (Lipinski definition) is 4. The monoisotopic (exact) mass is 211 g/mol. The van der Waals surface area contributed by atoms with Crippen LogP contribution in [0.2, 0.25) is 0 Å². The van der Waals surface area contributed by atoms with Gasteiger partial charge in [0, 0.05) is 0 Å². The third kappa shape index (κ3) is 119. The Balaban J connectivity index is -0.0000000133. The van der Waals surface area contributed by atoms with Gasteiger partial charge in [-0.3, -0.25) is 0 Å². The van der Waals surface area contributed by atoms with Crippen molar-refractivity contribution >= 4 is 83.3 Å². The zero-order chi connectivity index (χ0) is 4.50. The van der Waals surface area contributed by atoms with Gasteiger partial charge in [0.2, 0.25) is 0 Å². The van der Waals surface area contributed by atoms with E-state index in [0.717, 1.165) is 0 Å². The second kappa shape index (κ2) is 13.2. The molecule has 0 saturated carbocycles. The van der Waals surface area contributed by atoms with Crippen molar-refractivity contribution in [2.24, 2.45) is 0 Å². The van der Waals surface area contributed by atoms with Crippen LogP contribution in [0.15, 0.2) is 0 Å². The van der Waals surface area contributed by atoms with Gasteiger partial charge in [0.15, 0.2) is 0 Å². The summed E-state index contributed by atoms with van der Waals surface area (Å²) in [6.07, 6.45) is 0. The molecule has 4 N–H and O–H groups in total. The molecule has 0 amide bonds. The Bertz CT molecular complexity index is 57.2. The molecule has 0 bridgehead atoms. The fourth-order valence-corrected chi connectivity index (χ4v) is 0. The van der Waals surface area contributed by atoms with E-state index in [1.54, 1.807) is 0 Å². The normalized spacial score (nSPS) is 6.56. The van der Waals surface area contributed by atoms with E-state index < -0.39 is 7.82 Å². The molecular formula is H4Ca2O6P+. The number of phosphoric acid groups is 1. The molecule has 0 aromatic carbocycles. The van der Waals surface area contributed by atoms with Crippen LogP contribution < -0.4 is 14.7 Å². The Morgan fingerprint density at radius 3 is 0.889 bits per heavy atom. The summed E-state index contributed by atoms with van der Waals surface area (Å²) in [5, 5.41) is 0. The molecule has 0 atom stereocenters. The molecule has 0 heterocycles. The second-order valence-electron chi connectivity index (χ2n) is 0.447. The third-order valence-corrected chi connectivity index (χ3v) is 0. The fraction of sp³-hybridized carbons (Fsp3) is 0. The van der Waals surface area contributed by atoms with E-state index in [-0.39, 0.29) is 86.4 Å². The van der Waals surface area contributed by atoms with Gasteiger partial charge < -0.3 is 30.2 Å². The topological polar surface area (TPSA) is 149 Å². The molecule has 48 valence electrons. The van der Waals surface area contributed by atoms with Gasteiger partial charge in [0.05, 0.1) is 0 Å². The molecule has 0 spiro atoms. The van der Waals surface area contributed by atoms with Gasteiger partial charge in [-0.25, -0.2) is 0 Å². The Morgan fingerprint density at radius 1 is 0.889 bits per heavy atom. The van der Waals surface area contributed by atoms with Gasteiger partial charge in [0.1, 0.15) is 0 Å². The molecule has 0 rings (SSSR count). The first kappa shape index (κ1) is 30.0. The largest absolute Gasteiger partial charge is 2.00 e. The predicted molar refractivity (Wildman–Crippen MR) is 26.3 cm³/mol. The molecule has 0 aromatic heterocycles. The van der Waals surface area contributed by atoms with Crippen molar-refractivity contribution in [3.8, 4) is 0 Å². The van der Waals surface area contributed by atoms with Crippen molar-refractivity contribution in [3.63, 3.8) is 0 Å². The van der Waals surface area contributed by atoms with Crippen molar-refractivity contribution in [1.82, 2.24) is 0 Å². The van der Waals surface area contributed by atoms with Crippen LogP contribution in [0.5, 0.6) is 0 Å². The predicted octanol–water partition coefficient (Wildman–Crippen LogP) is -5.24. The average molecular weight is 211 g/mol. The van der Waals surface area contributed by atoms with Crippen LogP contribution in [-0.2, 0) is 4.57 Å². The Kier molecular flexibility index (Phi) is 43.8. The fourth-order valence-electron chi connectivity index (χ4n) is 0. The van der Waals surface area contributed by atoms with Gasteiger partial charge in [-0.2, -0.15) is 7.82 Å². The van der Waals surface area contributed by atoms with E-state index in [4.69, 9.17) is 19.2 Å². The maximum Gasteiger partial charge on any atom is 2.00 e. The van der Waals surface area contributed by atoms with Crippen LogP contribution in [0.3, 0.4) is 0 Å². The van der Waals surface area contributed by atoms with E-state index in [9.17, 15) is 0 Å². The summed E-state index contributed by atoms with van der Waals surface area (Å²) in [5.41, 5.74) is 0. The average Bonchev–Trinajstić information content (AvgIpc) is 0.722. The summed E-state index contributed by atoms with van der Waals surface area (Å²) in [7, 11) is -5.39. The summed E-state index contributed by atoms with van der Waals surface area (Å²) in [4.78, 5) is 25.6. The summed E-state index contributed by atoms with van der Waals surface area (Å²) < 4.78 is 8.55. The molecule has 0 saturated heterocycles. The van der Waals surface area contributed by atoms with E-state index >= 15 is 0 Å². The van der Waals surface area contributed by atoms with Crippen LogP contribution in [-0.4, -0.2) is 86.4 Å². The minimum Gasteiger partial charge on any atom is -0.822 e. The van der Waals surface area contributed by atoms with E-state index in [1.165, 1.54) is 0 Å². The third-order valence-electron chi connectivity index (χ3n) is 0. The molecule has 9 heavy (non-hydrogen) atoms. The molecule has 0 fully saturated rings. The number of hydrogen-bond donors (Lipinski definition) is 0. The zero-order valence-corrected chi connectivity index (χ0v) is 9.81. The smallest absolute Gasteiger partial charge is 0.822 e. The van der Waals surface area contributed by atoms with E-state index in [1.807, 2.05) is 0 Å². The maximum absolute atomic E-state index is 8.55. The molecule has 0 aliphatic heterocycles. The molecule has 0 aromatic rings. The Labute approximate surface area is 111 Å². The molecular weight excluding hydrogens is 207 g/mol. The van der Waals surface area contributed by atoms with Crippen LogP contribution in [0.4, 0.5) is 0 Å². The van der Waals surface area contributed by atoms with Crippen LogP contribution >= 0.6 is 7.82 Å². The van der Waals surface area contributed by atoms with Gasteiger partial charge >= 0.3 is 75.5 Å². The van der Waals surface area contributed by atoms with Crippen LogP contribution in [0.25, 0.3) is 0 Å². The molecule has 0 unspecified atom stereocenters. The van der Waals surface area contributed by atoms with Gasteiger partial charge in [-0.1, -0.05) is 0 Å². The maximum atomic E-state index is 8.55. The van der Waals surface area contributed by atoms with Gasteiger partial charge in [-0.05, 0) is 0 Å². The second-order valence-corrected chi connectivity index (χ2v) is 1.34. The number of rotatable bonds is 0. The molecule has 6 nitrogen and oxygen atoms in total. The van der Waals surface area contributed by atoms with Crippen molar-refractivity contribution in [2.45, 2.75) is 0 Å². The van der Waals surface area contributed by atoms with Gasteiger partial charge in [0.25, 0.3) is 0 Å². The zero-order valence-electron chi connectivity index (χ0n) is 4.49. The van der Waals surface area contributed by atoms with E-state index in [2.05, 4.69) is 0 Å². The summed E-state index contributed by atoms with van der Waals surface area (Å²) in [6, 6.07) is 0.